The molecule has 1 unspecified atom stereocenters. The van der Waals surface area contributed by atoms with Crippen LogP contribution in [0.25, 0.3) is 21.8 Å². The highest BCUT2D eigenvalue weighted by Gasteiger charge is 2.25. The summed E-state index contributed by atoms with van der Waals surface area (Å²) in [6, 6.07) is 14.8. The maximum absolute atomic E-state index is 13.2. The van der Waals surface area contributed by atoms with E-state index in [1.165, 1.54) is 4.68 Å². The van der Waals surface area contributed by atoms with Gasteiger partial charge in [-0.05, 0) is 18.6 Å². The molecule has 7 heteroatoms. The molecular formula is C23H24N4O3. The minimum absolute atomic E-state index is 0.148. The summed E-state index contributed by atoms with van der Waals surface area (Å²) in [6.07, 6.45) is 2.23. The van der Waals surface area contributed by atoms with Crippen molar-refractivity contribution in [3.63, 3.8) is 0 Å². The molecule has 7 nitrogen and oxygen atoms in total. The molecule has 4 aromatic rings. The molecule has 1 amide bonds. The summed E-state index contributed by atoms with van der Waals surface area (Å²) >= 11 is 0. The van der Waals surface area contributed by atoms with Crippen LogP contribution in [0, 0.1) is 0 Å². The lowest BCUT2D eigenvalue weighted by Crippen LogP contribution is -2.33. The summed E-state index contributed by atoms with van der Waals surface area (Å²) in [5.41, 5.74) is 2.01. The largest absolute Gasteiger partial charge is 0.496 e. The van der Waals surface area contributed by atoms with Gasteiger partial charge in [0.15, 0.2) is 0 Å². The van der Waals surface area contributed by atoms with E-state index in [0.717, 1.165) is 27.6 Å². The molecule has 0 saturated heterocycles. The van der Waals surface area contributed by atoms with E-state index in [9.17, 15) is 9.59 Å². The van der Waals surface area contributed by atoms with Gasteiger partial charge >= 0.3 is 0 Å². The van der Waals surface area contributed by atoms with Crippen LogP contribution in [0.4, 0.5) is 0 Å². The lowest BCUT2D eigenvalue weighted by atomic mass is 10.1. The van der Waals surface area contributed by atoms with E-state index in [2.05, 4.69) is 10.4 Å². The second-order valence-electron chi connectivity index (χ2n) is 7.18. The van der Waals surface area contributed by atoms with Gasteiger partial charge in [0.2, 0.25) is 5.91 Å². The number of carbonyl (C=O) groups is 1. The number of para-hydroxylation sites is 2. The number of methoxy groups -OCH3 is 1. The predicted molar refractivity (Wildman–Crippen MR) is 117 cm³/mol. The lowest BCUT2D eigenvalue weighted by Gasteiger charge is -2.20. The fourth-order valence-corrected chi connectivity index (χ4v) is 3.95. The summed E-state index contributed by atoms with van der Waals surface area (Å²) in [7, 11) is 3.23. The number of aryl methyl sites for hydroxylation is 1. The van der Waals surface area contributed by atoms with Gasteiger partial charge < -0.3 is 14.6 Å². The number of nitrogens with one attached hydrogen (secondary N) is 1. The van der Waals surface area contributed by atoms with Gasteiger partial charge in [-0.2, -0.15) is 5.10 Å². The molecule has 0 radical (unpaired) electrons. The van der Waals surface area contributed by atoms with E-state index in [4.69, 9.17) is 4.74 Å². The first-order chi connectivity index (χ1) is 14.6. The van der Waals surface area contributed by atoms with Crippen LogP contribution in [0.15, 0.2) is 59.5 Å². The van der Waals surface area contributed by atoms with Gasteiger partial charge in [0.05, 0.1) is 18.8 Å². The SMILES string of the molecule is CCC(C(=O)NCc1ccccc1OC)n1c2ccccc2c2cnn(C)c(=O)c21. The summed E-state index contributed by atoms with van der Waals surface area (Å²) in [4.78, 5) is 26.2. The van der Waals surface area contributed by atoms with Crippen molar-refractivity contribution < 1.29 is 9.53 Å². The minimum Gasteiger partial charge on any atom is -0.496 e. The lowest BCUT2D eigenvalue weighted by molar-refractivity contribution is -0.124. The van der Waals surface area contributed by atoms with Gasteiger partial charge in [0, 0.05) is 29.9 Å². The Labute approximate surface area is 173 Å². The Hall–Kier alpha value is -3.61. The molecule has 0 fully saturated rings. The van der Waals surface area contributed by atoms with Crippen molar-refractivity contribution in [3.8, 4) is 5.75 Å². The van der Waals surface area contributed by atoms with E-state index in [0.29, 0.717) is 18.5 Å². The van der Waals surface area contributed by atoms with Crippen molar-refractivity contribution in [2.24, 2.45) is 7.05 Å². The van der Waals surface area contributed by atoms with E-state index in [1.807, 2.05) is 60.0 Å². The van der Waals surface area contributed by atoms with Gasteiger partial charge in [-0.15, -0.1) is 0 Å². The normalized spacial score (nSPS) is 12.2. The highest BCUT2D eigenvalue weighted by atomic mass is 16.5. The average Bonchev–Trinajstić information content (AvgIpc) is 3.10. The zero-order valence-electron chi connectivity index (χ0n) is 17.3. The fourth-order valence-electron chi connectivity index (χ4n) is 3.95. The summed E-state index contributed by atoms with van der Waals surface area (Å²) in [6.45, 7) is 2.29. The van der Waals surface area contributed by atoms with Crippen LogP contribution in [0.1, 0.15) is 24.9 Å². The molecule has 0 spiro atoms. The minimum atomic E-state index is -0.530. The summed E-state index contributed by atoms with van der Waals surface area (Å²) < 4.78 is 8.53. The molecule has 0 aliphatic heterocycles. The Bertz CT molecular complexity index is 1290. The van der Waals surface area contributed by atoms with E-state index in [1.54, 1.807) is 20.4 Å². The standard InChI is InChI=1S/C23H24N4O3/c1-4-18(22(28)24-13-15-9-5-8-12-20(15)30-3)27-19-11-7-6-10-16(19)17-14-25-26(2)23(29)21(17)27/h5-12,14,18H,4,13H2,1-3H3,(H,24,28). The molecular weight excluding hydrogens is 380 g/mol. The summed E-state index contributed by atoms with van der Waals surface area (Å²) in [5.74, 6) is 0.576. The zero-order valence-corrected chi connectivity index (χ0v) is 17.3. The number of hydrogen-bond acceptors (Lipinski definition) is 4. The number of benzene rings is 2. The van der Waals surface area contributed by atoms with Crippen molar-refractivity contribution in [1.82, 2.24) is 19.7 Å². The van der Waals surface area contributed by atoms with Gasteiger partial charge in [-0.1, -0.05) is 43.3 Å². The Balaban J connectivity index is 1.78. The first-order valence-electron chi connectivity index (χ1n) is 9.91. The van der Waals surface area contributed by atoms with E-state index in [-0.39, 0.29) is 11.5 Å². The number of nitrogens with zero attached hydrogens (tertiary/aromatic N) is 3. The molecule has 1 N–H and O–H groups in total. The van der Waals surface area contributed by atoms with Gasteiger partial charge in [-0.3, -0.25) is 9.59 Å². The van der Waals surface area contributed by atoms with Crippen LogP contribution in [-0.4, -0.2) is 27.4 Å². The fraction of sp³-hybridized carbons (Fsp3) is 0.261. The van der Waals surface area contributed by atoms with Crippen LogP contribution in [0.5, 0.6) is 5.75 Å². The topological polar surface area (TPSA) is 78.2 Å². The number of hydrogen-bond donors (Lipinski definition) is 1. The molecule has 0 saturated carbocycles. The van der Waals surface area contributed by atoms with Crippen molar-refractivity contribution in [2.45, 2.75) is 25.9 Å². The summed E-state index contributed by atoms with van der Waals surface area (Å²) in [5, 5.41) is 8.85. The van der Waals surface area contributed by atoms with Crippen molar-refractivity contribution in [2.75, 3.05) is 7.11 Å². The monoisotopic (exact) mass is 404 g/mol. The Morgan fingerprint density at radius 1 is 1.13 bits per heavy atom. The van der Waals surface area contributed by atoms with Crippen molar-refractivity contribution >= 4 is 27.7 Å². The zero-order chi connectivity index (χ0) is 21.3. The molecule has 30 heavy (non-hydrogen) atoms. The van der Waals surface area contributed by atoms with Gasteiger partial charge in [0.1, 0.15) is 17.3 Å². The molecule has 0 bridgehead atoms. The van der Waals surface area contributed by atoms with Gasteiger partial charge in [0.25, 0.3) is 5.56 Å². The first-order valence-corrected chi connectivity index (χ1v) is 9.91. The second kappa shape index (κ2) is 8.02. The quantitative estimate of drug-likeness (QED) is 0.535. The third kappa shape index (κ3) is 3.22. The first kappa shape index (κ1) is 19.7. The van der Waals surface area contributed by atoms with Crippen LogP contribution in [0.3, 0.4) is 0 Å². The Morgan fingerprint density at radius 3 is 2.63 bits per heavy atom. The number of ether oxygens (including phenoxy) is 1. The van der Waals surface area contributed by atoms with E-state index < -0.39 is 6.04 Å². The van der Waals surface area contributed by atoms with Crippen molar-refractivity contribution in [3.05, 3.63) is 70.6 Å². The average molecular weight is 404 g/mol. The maximum atomic E-state index is 13.2. The molecule has 2 aromatic heterocycles. The number of fused-ring (bicyclic) bond motifs is 3. The Morgan fingerprint density at radius 2 is 1.87 bits per heavy atom. The number of aromatic nitrogens is 3. The van der Waals surface area contributed by atoms with Crippen LogP contribution >= 0.6 is 0 Å². The molecule has 154 valence electrons. The third-order valence-corrected chi connectivity index (χ3v) is 5.45. The van der Waals surface area contributed by atoms with Gasteiger partial charge in [-0.25, -0.2) is 4.68 Å². The van der Waals surface area contributed by atoms with Crippen LogP contribution in [0.2, 0.25) is 0 Å². The molecule has 0 aliphatic rings. The highest BCUT2D eigenvalue weighted by molar-refractivity contribution is 6.08. The molecule has 1 atom stereocenters. The number of amides is 1. The maximum Gasteiger partial charge on any atom is 0.291 e. The van der Waals surface area contributed by atoms with Crippen molar-refractivity contribution in [1.29, 1.82) is 0 Å². The second-order valence-corrected chi connectivity index (χ2v) is 7.18. The number of carbonyl (C=O) groups excluding carboxylic acids is 1. The van der Waals surface area contributed by atoms with Crippen LogP contribution < -0.4 is 15.6 Å². The highest BCUT2D eigenvalue weighted by Crippen LogP contribution is 2.31. The van der Waals surface area contributed by atoms with E-state index >= 15 is 0 Å². The third-order valence-electron chi connectivity index (χ3n) is 5.45. The molecule has 2 heterocycles. The number of rotatable bonds is 6. The molecule has 2 aromatic carbocycles. The smallest absolute Gasteiger partial charge is 0.291 e. The predicted octanol–water partition coefficient (Wildman–Crippen LogP) is 3.16. The Kier molecular flexibility index (Phi) is 5.27. The molecule has 0 aliphatic carbocycles. The van der Waals surface area contributed by atoms with Crippen LogP contribution in [-0.2, 0) is 18.4 Å². The molecule has 4 rings (SSSR count).